The van der Waals surface area contributed by atoms with Crippen LogP contribution in [-0.2, 0) is 0 Å². The first kappa shape index (κ1) is 6.38. The second-order valence-electron chi connectivity index (χ2n) is 2.24. The van der Waals surface area contributed by atoms with E-state index < -0.39 is 0 Å². The van der Waals surface area contributed by atoms with Gasteiger partial charge in [-0.25, -0.2) is 9.97 Å². The molecule has 0 radical (unpaired) electrons. The largest absolute Gasteiger partial charge is 0.222 e. The summed E-state index contributed by atoms with van der Waals surface area (Å²) >= 11 is 2.86. The number of fused-ring (bicyclic) bond motifs is 2. The van der Waals surface area contributed by atoms with Crippen molar-refractivity contribution in [1.82, 2.24) is 19.6 Å². The highest BCUT2D eigenvalue weighted by molar-refractivity contribution is 7.17. The molecular formula is C6H2N4S2. The van der Waals surface area contributed by atoms with Gasteiger partial charge in [-0.3, -0.25) is 0 Å². The van der Waals surface area contributed by atoms with Gasteiger partial charge in [-0.15, -0.1) is 16.4 Å². The topological polar surface area (TPSA) is 51.6 Å². The normalized spacial score (nSPS) is 11.3. The Labute approximate surface area is 75.1 Å². The minimum Gasteiger partial charge on any atom is -0.222 e. The zero-order valence-corrected chi connectivity index (χ0v) is 7.39. The van der Waals surface area contributed by atoms with E-state index in [0.717, 1.165) is 15.2 Å². The minimum absolute atomic E-state index is 0.644. The number of thiophene rings is 1. The van der Waals surface area contributed by atoms with Crippen LogP contribution in [0.5, 0.6) is 0 Å². The first-order valence-electron chi connectivity index (χ1n) is 3.27. The van der Waals surface area contributed by atoms with E-state index in [1.165, 1.54) is 11.5 Å². The van der Waals surface area contributed by atoms with E-state index in [2.05, 4.69) is 19.6 Å². The van der Waals surface area contributed by atoms with Crippen molar-refractivity contribution in [2.45, 2.75) is 0 Å². The lowest BCUT2D eigenvalue weighted by Crippen LogP contribution is -1.79. The highest BCUT2D eigenvalue weighted by Gasteiger charge is 2.04. The Morgan fingerprint density at radius 3 is 3.17 bits per heavy atom. The smallest absolute Gasteiger partial charge is 0.214 e. The summed E-state index contributed by atoms with van der Waals surface area (Å²) in [6, 6.07) is 1.94. The van der Waals surface area contributed by atoms with Crippen molar-refractivity contribution in [2.75, 3.05) is 0 Å². The molecule has 0 saturated heterocycles. The second kappa shape index (κ2) is 2.18. The zero-order valence-electron chi connectivity index (χ0n) is 5.76. The third-order valence-electron chi connectivity index (χ3n) is 1.51. The van der Waals surface area contributed by atoms with Crippen molar-refractivity contribution in [3.05, 3.63) is 11.4 Å². The van der Waals surface area contributed by atoms with Gasteiger partial charge in [0.05, 0.1) is 0 Å². The summed E-state index contributed by atoms with van der Waals surface area (Å²) < 4.78 is 3.78. The fraction of sp³-hybridized carbons (Fsp3) is 0. The molecule has 6 heteroatoms. The summed E-state index contributed by atoms with van der Waals surface area (Å²) in [7, 11) is 0. The average Bonchev–Trinajstić information content (AvgIpc) is 2.64. The lowest BCUT2D eigenvalue weighted by molar-refractivity contribution is 1.17. The molecule has 12 heavy (non-hydrogen) atoms. The first-order valence-corrected chi connectivity index (χ1v) is 4.92. The number of rotatable bonds is 0. The summed E-state index contributed by atoms with van der Waals surface area (Å²) in [4.78, 5) is 10.4. The standard InChI is InChI=1S/C6H2N4S2/c1-2-11-5-3(1)7-4-6(8-5)12-10-9-4/h1-2H. The molecule has 3 aromatic rings. The highest BCUT2D eigenvalue weighted by atomic mass is 32.1. The maximum Gasteiger partial charge on any atom is 0.214 e. The molecule has 0 bridgehead atoms. The average molecular weight is 194 g/mol. The van der Waals surface area contributed by atoms with Gasteiger partial charge in [0, 0.05) is 11.5 Å². The Kier molecular flexibility index (Phi) is 1.16. The first-order chi connectivity index (χ1) is 5.93. The molecule has 0 amide bonds. The number of nitrogens with zero attached hydrogens (tertiary/aromatic N) is 4. The number of hydrogen-bond acceptors (Lipinski definition) is 6. The van der Waals surface area contributed by atoms with Crippen molar-refractivity contribution in [3.8, 4) is 0 Å². The van der Waals surface area contributed by atoms with Crippen LogP contribution >= 0.6 is 22.9 Å². The third kappa shape index (κ3) is 0.759. The summed E-state index contributed by atoms with van der Waals surface area (Å²) in [5.74, 6) is 0. The van der Waals surface area contributed by atoms with Gasteiger partial charge >= 0.3 is 0 Å². The molecule has 0 spiro atoms. The molecule has 3 heterocycles. The van der Waals surface area contributed by atoms with Gasteiger partial charge in [0.2, 0.25) is 5.65 Å². The van der Waals surface area contributed by atoms with Crippen LogP contribution in [0, 0.1) is 0 Å². The molecule has 58 valence electrons. The summed E-state index contributed by atoms with van der Waals surface area (Å²) in [6.07, 6.45) is 0. The van der Waals surface area contributed by atoms with Gasteiger partial charge in [0.15, 0.2) is 4.83 Å². The Morgan fingerprint density at radius 2 is 2.17 bits per heavy atom. The Hall–Kier alpha value is -1.14. The van der Waals surface area contributed by atoms with Gasteiger partial charge in [0.1, 0.15) is 10.3 Å². The predicted molar refractivity (Wildman–Crippen MR) is 48.4 cm³/mol. The molecule has 4 nitrogen and oxygen atoms in total. The minimum atomic E-state index is 0.644. The van der Waals surface area contributed by atoms with Crippen molar-refractivity contribution < 1.29 is 0 Å². The monoisotopic (exact) mass is 194 g/mol. The molecule has 0 fully saturated rings. The maximum absolute atomic E-state index is 4.35. The van der Waals surface area contributed by atoms with Crippen LogP contribution in [0.2, 0.25) is 0 Å². The Bertz CT molecular complexity index is 449. The van der Waals surface area contributed by atoms with Crippen LogP contribution in [0.25, 0.3) is 20.8 Å². The molecule has 0 unspecified atom stereocenters. The van der Waals surface area contributed by atoms with E-state index in [-0.39, 0.29) is 0 Å². The molecule has 0 aliphatic rings. The Balaban J connectivity index is 2.62. The number of hydrogen-bond donors (Lipinski definition) is 0. The van der Waals surface area contributed by atoms with Gasteiger partial charge in [-0.05, 0) is 11.4 Å². The van der Waals surface area contributed by atoms with Crippen LogP contribution in [0.4, 0.5) is 0 Å². The SMILES string of the molecule is c1cc2nc3nnsc3nc2s1. The van der Waals surface area contributed by atoms with E-state index >= 15 is 0 Å². The van der Waals surface area contributed by atoms with E-state index in [1.807, 2.05) is 11.4 Å². The van der Waals surface area contributed by atoms with E-state index in [1.54, 1.807) is 11.3 Å². The third-order valence-corrected chi connectivity index (χ3v) is 2.91. The molecular weight excluding hydrogens is 192 g/mol. The molecule has 0 aliphatic carbocycles. The summed E-state index contributed by atoms with van der Waals surface area (Å²) in [6.45, 7) is 0. The van der Waals surface area contributed by atoms with Crippen molar-refractivity contribution in [1.29, 1.82) is 0 Å². The van der Waals surface area contributed by atoms with Crippen molar-refractivity contribution in [2.24, 2.45) is 0 Å². The predicted octanol–water partition coefficient (Wildman–Crippen LogP) is 1.70. The molecule has 0 atom stereocenters. The summed E-state index contributed by atoms with van der Waals surface area (Å²) in [5.41, 5.74) is 1.55. The highest BCUT2D eigenvalue weighted by Crippen LogP contribution is 2.20. The molecule has 3 rings (SSSR count). The fourth-order valence-electron chi connectivity index (χ4n) is 0.992. The van der Waals surface area contributed by atoms with Crippen LogP contribution in [0.1, 0.15) is 0 Å². The van der Waals surface area contributed by atoms with Crippen LogP contribution in [0.15, 0.2) is 11.4 Å². The van der Waals surface area contributed by atoms with Crippen LogP contribution < -0.4 is 0 Å². The van der Waals surface area contributed by atoms with Gasteiger partial charge < -0.3 is 0 Å². The number of aromatic nitrogens is 4. The second-order valence-corrected chi connectivity index (χ2v) is 3.86. The Morgan fingerprint density at radius 1 is 1.17 bits per heavy atom. The maximum atomic E-state index is 4.35. The fourth-order valence-corrected chi connectivity index (χ4v) is 2.25. The molecule has 3 aromatic heterocycles. The van der Waals surface area contributed by atoms with Crippen LogP contribution in [-0.4, -0.2) is 19.6 Å². The molecule has 0 N–H and O–H groups in total. The lowest BCUT2D eigenvalue weighted by Gasteiger charge is -1.85. The zero-order chi connectivity index (χ0) is 7.97. The lowest BCUT2D eigenvalue weighted by atomic mass is 10.5. The van der Waals surface area contributed by atoms with Gasteiger partial charge in [-0.2, -0.15) is 0 Å². The van der Waals surface area contributed by atoms with E-state index in [4.69, 9.17) is 0 Å². The van der Waals surface area contributed by atoms with Crippen molar-refractivity contribution in [3.63, 3.8) is 0 Å². The van der Waals surface area contributed by atoms with E-state index in [0.29, 0.717) is 5.65 Å². The molecule has 0 aromatic carbocycles. The van der Waals surface area contributed by atoms with Gasteiger partial charge in [0.25, 0.3) is 0 Å². The van der Waals surface area contributed by atoms with Gasteiger partial charge in [-0.1, -0.05) is 4.49 Å². The molecule has 0 aliphatic heterocycles. The summed E-state index contributed by atoms with van der Waals surface area (Å²) in [5, 5.41) is 5.82. The van der Waals surface area contributed by atoms with Crippen LogP contribution in [0.3, 0.4) is 0 Å². The quantitative estimate of drug-likeness (QED) is 0.546. The van der Waals surface area contributed by atoms with Crippen molar-refractivity contribution >= 4 is 43.7 Å². The van der Waals surface area contributed by atoms with E-state index in [9.17, 15) is 0 Å². The molecule has 0 saturated carbocycles.